The summed E-state index contributed by atoms with van der Waals surface area (Å²) in [5.74, 6) is 1.49. The van der Waals surface area contributed by atoms with E-state index in [1.165, 1.54) is 11.8 Å². The summed E-state index contributed by atoms with van der Waals surface area (Å²) in [6, 6.07) is 15.1. The van der Waals surface area contributed by atoms with Gasteiger partial charge in [-0.15, -0.1) is 11.8 Å². The predicted molar refractivity (Wildman–Crippen MR) is 124 cm³/mol. The first-order chi connectivity index (χ1) is 14.5. The third kappa shape index (κ3) is 4.65. The van der Waals surface area contributed by atoms with E-state index in [9.17, 15) is 4.79 Å². The van der Waals surface area contributed by atoms with Gasteiger partial charge in [0.15, 0.2) is 5.82 Å². The van der Waals surface area contributed by atoms with Crippen molar-refractivity contribution in [1.29, 1.82) is 0 Å². The number of anilines is 3. The Morgan fingerprint density at radius 1 is 1.03 bits per heavy atom. The molecule has 3 aromatic rings. The summed E-state index contributed by atoms with van der Waals surface area (Å²) in [5.41, 5.74) is 3.05. The molecular weight excluding hydrogens is 398 g/mol. The molecule has 1 amide bonds. The van der Waals surface area contributed by atoms with Crippen molar-refractivity contribution in [3.05, 3.63) is 54.1 Å². The number of hydrogen-bond acceptors (Lipinski definition) is 7. The van der Waals surface area contributed by atoms with Crippen molar-refractivity contribution in [3.63, 3.8) is 0 Å². The number of aromatic nitrogens is 2. The van der Waals surface area contributed by atoms with E-state index < -0.39 is 0 Å². The van der Waals surface area contributed by atoms with Crippen LogP contribution in [0.2, 0.25) is 0 Å². The van der Waals surface area contributed by atoms with Crippen LogP contribution in [-0.2, 0) is 0 Å². The summed E-state index contributed by atoms with van der Waals surface area (Å²) in [7, 11) is 7.33. The number of benzene rings is 2. The molecule has 7 nitrogen and oxygen atoms in total. The lowest BCUT2D eigenvalue weighted by molar-refractivity contribution is 0.102. The molecule has 156 valence electrons. The molecule has 0 atom stereocenters. The summed E-state index contributed by atoms with van der Waals surface area (Å²) < 4.78 is 5.16. The predicted octanol–water partition coefficient (Wildman–Crippen LogP) is 4.23. The maximum absolute atomic E-state index is 13.0. The lowest BCUT2D eigenvalue weighted by Gasteiger charge is -2.15. The summed E-state index contributed by atoms with van der Waals surface area (Å²) in [4.78, 5) is 24.3. The third-order valence-corrected chi connectivity index (χ3v) is 5.20. The molecule has 2 N–H and O–H groups in total. The summed E-state index contributed by atoms with van der Waals surface area (Å²) in [6.07, 6.45) is 1.89. The molecule has 0 fully saturated rings. The van der Waals surface area contributed by atoms with E-state index in [0.29, 0.717) is 27.9 Å². The normalized spacial score (nSPS) is 10.4. The number of hydrogen-bond donors (Lipinski definition) is 2. The van der Waals surface area contributed by atoms with Crippen LogP contribution in [0.5, 0.6) is 5.75 Å². The van der Waals surface area contributed by atoms with Gasteiger partial charge in [-0.2, -0.15) is 0 Å². The molecule has 0 aliphatic heterocycles. The van der Waals surface area contributed by atoms with Crippen LogP contribution < -0.4 is 20.3 Å². The minimum atomic E-state index is -0.275. The number of thioether (sulfide) groups is 1. The minimum Gasteiger partial charge on any atom is -0.497 e. The highest BCUT2D eigenvalue weighted by molar-refractivity contribution is 7.98. The molecule has 1 aromatic heterocycles. The van der Waals surface area contributed by atoms with E-state index in [2.05, 4.69) is 20.6 Å². The zero-order valence-electron chi connectivity index (χ0n) is 17.7. The lowest BCUT2D eigenvalue weighted by Crippen LogP contribution is -2.17. The first-order valence-electron chi connectivity index (χ1n) is 9.33. The number of nitrogens with zero attached hydrogens (tertiary/aromatic N) is 3. The van der Waals surface area contributed by atoms with E-state index in [0.717, 1.165) is 17.0 Å². The van der Waals surface area contributed by atoms with Crippen LogP contribution in [0.4, 0.5) is 17.2 Å². The van der Waals surface area contributed by atoms with Crippen LogP contribution in [0, 0.1) is 0 Å². The first-order valence-corrected chi connectivity index (χ1v) is 10.6. The average Bonchev–Trinajstić information content (AvgIpc) is 2.78. The molecule has 8 heteroatoms. The molecule has 30 heavy (non-hydrogen) atoms. The van der Waals surface area contributed by atoms with Crippen molar-refractivity contribution in [3.8, 4) is 17.1 Å². The molecule has 3 rings (SSSR count). The first kappa shape index (κ1) is 21.4. The van der Waals surface area contributed by atoms with E-state index in [1.54, 1.807) is 38.4 Å². The van der Waals surface area contributed by atoms with Crippen LogP contribution in [0.1, 0.15) is 10.4 Å². The van der Waals surface area contributed by atoms with E-state index in [-0.39, 0.29) is 5.91 Å². The standard InChI is InChI=1S/C22H25N5O2S/c1-23-20-18(21(28)24-15-8-12-17(29-4)13-9-15)22(30-5)26-19(25-20)14-6-10-16(11-7-14)27(2)3/h6-13H,1-5H3,(H,24,28)(H,23,25,26). The van der Waals surface area contributed by atoms with Gasteiger partial charge in [0, 0.05) is 38.1 Å². The van der Waals surface area contributed by atoms with Crippen molar-refractivity contribution >= 4 is 34.9 Å². The zero-order valence-corrected chi connectivity index (χ0v) is 18.5. The molecule has 0 radical (unpaired) electrons. The van der Waals surface area contributed by atoms with Gasteiger partial charge in [-0.1, -0.05) is 0 Å². The van der Waals surface area contributed by atoms with Crippen molar-refractivity contribution in [1.82, 2.24) is 9.97 Å². The fraction of sp³-hybridized carbons (Fsp3) is 0.227. The molecule has 0 saturated heterocycles. The van der Waals surface area contributed by atoms with Gasteiger partial charge < -0.3 is 20.3 Å². The van der Waals surface area contributed by atoms with Crippen LogP contribution in [0.3, 0.4) is 0 Å². The van der Waals surface area contributed by atoms with E-state index in [1.807, 2.05) is 49.5 Å². The quantitative estimate of drug-likeness (QED) is 0.435. The highest BCUT2D eigenvalue weighted by Gasteiger charge is 2.21. The summed E-state index contributed by atoms with van der Waals surface area (Å²) >= 11 is 1.41. The Balaban J connectivity index is 1.95. The SMILES string of the molecule is CNc1nc(-c2ccc(N(C)C)cc2)nc(SC)c1C(=O)Nc1ccc(OC)cc1. The van der Waals surface area contributed by atoms with Crippen LogP contribution in [0.25, 0.3) is 11.4 Å². The number of nitrogens with one attached hydrogen (secondary N) is 2. The van der Waals surface area contributed by atoms with Gasteiger partial charge in [0.1, 0.15) is 22.2 Å². The van der Waals surface area contributed by atoms with Crippen LogP contribution in [-0.4, -0.2) is 50.4 Å². The van der Waals surface area contributed by atoms with Gasteiger partial charge in [-0.05, 0) is 54.8 Å². The molecule has 1 heterocycles. The summed E-state index contributed by atoms with van der Waals surface area (Å²) in [6.45, 7) is 0. The number of methoxy groups -OCH3 is 1. The molecule has 2 aromatic carbocycles. The maximum atomic E-state index is 13.0. The highest BCUT2D eigenvalue weighted by atomic mass is 32.2. The van der Waals surface area contributed by atoms with E-state index >= 15 is 0 Å². The largest absolute Gasteiger partial charge is 0.497 e. The lowest BCUT2D eigenvalue weighted by atomic mass is 10.1. The van der Waals surface area contributed by atoms with Crippen molar-refractivity contribution in [2.24, 2.45) is 0 Å². The zero-order chi connectivity index (χ0) is 21.7. The van der Waals surface area contributed by atoms with Gasteiger partial charge in [-0.3, -0.25) is 4.79 Å². The molecule has 0 bridgehead atoms. The Hall–Kier alpha value is -3.26. The third-order valence-electron chi connectivity index (χ3n) is 4.52. The van der Waals surface area contributed by atoms with Gasteiger partial charge in [0.2, 0.25) is 0 Å². The Labute approximate surface area is 180 Å². The maximum Gasteiger partial charge on any atom is 0.262 e. The molecule has 0 aliphatic carbocycles. The monoisotopic (exact) mass is 423 g/mol. The van der Waals surface area contributed by atoms with Gasteiger partial charge >= 0.3 is 0 Å². The fourth-order valence-electron chi connectivity index (χ4n) is 2.88. The number of carbonyl (C=O) groups excluding carboxylic acids is 1. The number of amides is 1. The van der Waals surface area contributed by atoms with Gasteiger partial charge in [0.25, 0.3) is 5.91 Å². The number of carbonyl (C=O) groups is 1. The second-order valence-corrected chi connectivity index (χ2v) is 7.45. The van der Waals surface area contributed by atoms with Crippen molar-refractivity contribution < 1.29 is 9.53 Å². The van der Waals surface area contributed by atoms with E-state index in [4.69, 9.17) is 4.74 Å². The summed E-state index contributed by atoms with van der Waals surface area (Å²) in [5, 5.41) is 6.55. The topological polar surface area (TPSA) is 79.4 Å². The van der Waals surface area contributed by atoms with Crippen LogP contribution >= 0.6 is 11.8 Å². The smallest absolute Gasteiger partial charge is 0.262 e. The Morgan fingerprint density at radius 2 is 1.70 bits per heavy atom. The minimum absolute atomic E-state index is 0.275. The second kappa shape index (κ2) is 9.49. The Morgan fingerprint density at radius 3 is 2.23 bits per heavy atom. The molecular formula is C22H25N5O2S. The number of rotatable bonds is 7. The molecule has 0 aliphatic rings. The molecule has 0 saturated carbocycles. The molecule has 0 spiro atoms. The Bertz CT molecular complexity index is 996. The molecule has 0 unspecified atom stereocenters. The van der Waals surface area contributed by atoms with Gasteiger partial charge in [-0.25, -0.2) is 9.97 Å². The van der Waals surface area contributed by atoms with Crippen molar-refractivity contribution in [2.45, 2.75) is 5.03 Å². The van der Waals surface area contributed by atoms with Crippen molar-refractivity contribution in [2.75, 3.05) is 50.0 Å². The second-order valence-electron chi connectivity index (χ2n) is 6.65. The highest BCUT2D eigenvalue weighted by Crippen LogP contribution is 2.29. The average molecular weight is 424 g/mol. The fourth-order valence-corrected chi connectivity index (χ4v) is 3.45. The van der Waals surface area contributed by atoms with Gasteiger partial charge in [0.05, 0.1) is 7.11 Å². The Kier molecular flexibility index (Phi) is 6.79. The van der Waals surface area contributed by atoms with Crippen LogP contribution in [0.15, 0.2) is 53.6 Å². The number of ether oxygens (including phenoxy) is 1.